The number of aromatic nitrogens is 1. The minimum Gasteiger partial charge on any atom is -0.496 e. The van der Waals surface area contributed by atoms with Gasteiger partial charge in [-0.25, -0.2) is 9.37 Å². The Labute approximate surface area is 108 Å². The van der Waals surface area contributed by atoms with E-state index in [-0.39, 0.29) is 5.82 Å². The fraction of sp³-hybridized carbons (Fsp3) is 0.250. The van der Waals surface area contributed by atoms with Gasteiger partial charge in [0.15, 0.2) is 0 Å². The van der Waals surface area contributed by atoms with Gasteiger partial charge in [0.1, 0.15) is 11.6 Å². The summed E-state index contributed by atoms with van der Waals surface area (Å²) >= 11 is 7.18. The summed E-state index contributed by atoms with van der Waals surface area (Å²) in [7, 11) is 1.56. The van der Waals surface area contributed by atoms with E-state index in [9.17, 15) is 4.39 Å². The van der Waals surface area contributed by atoms with Gasteiger partial charge in [0.05, 0.1) is 17.8 Å². The topological polar surface area (TPSA) is 22.1 Å². The lowest BCUT2D eigenvalue weighted by molar-refractivity contribution is 0.415. The van der Waals surface area contributed by atoms with Gasteiger partial charge in [-0.05, 0) is 18.2 Å². The monoisotopic (exact) mass is 271 g/mol. The molecule has 0 aliphatic heterocycles. The Kier molecular flexibility index (Phi) is 3.97. The van der Waals surface area contributed by atoms with Crippen LogP contribution >= 0.6 is 22.9 Å². The maximum atomic E-state index is 13.2. The molecule has 0 aliphatic rings. The molecule has 5 heteroatoms. The van der Waals surface area contributed by atoms with Crippen LogP contribution in [0.2, 0.25) is 0 Å². The predicted molar refractivity (Wildman–Crippen MR) is 68.5 cm³/mol. The van der Waals surface area contributed by atoms with Crippen LogP contribution in [0.3, 0.4) is 0 Å². The third-order valence-electron chi connectivity index (χ3n) is 2.30. The molecular formula is C12H11ClFNOS. The number of alkyl halides is 1. The number of thiazole rings is 1. The van der Waals surface area contributed by atoms with Gasteiger partial charge in [0, 0.05) is 23.2 Å². The van der Waals surface area contributed by atoms with Crippen molar-refractivity contribution in [2.45, 2.75) is 6.42 Å². The molecule has 0 radical (unpaired) electrons. The van der Waals surface area contributed by atoms with Gasteiger partial charge >= 0.3 is 0 Å². The van der Waals surface area contributed by atoms with E-state index in [0.29, 0.717) is 17.2 Å². The van der Waals surface area contributed by atoms with Crippen molar-refractivity contribution < 1.29 is 9.13 Å². The number of hydrogen-bond acceptors (Lipinski definition) is 3. The normalized spacial score (nSPS) is 10.5. The molecule has 1 aromatic carbocycles. The third kappa shape index (κ3) is 2.76. The Morgan fingerprint density at radius 2 is 2.29 bits per heavy atom. The van der Waals surface area contributed by atoms with Gasteiger partial charge in [-0.3, -0.25) is 0 Å². The highest BCUT2D eigenvalue weighted by Crippen LogP contribution is 2.31. The molecule has 0 fully saturated rings. The van der Waals surface area contributed by atoms with Crippen LogP contribution in [0.5, 0.6) is 5.75 Å². The largest absolute Gasteiger partial charge is 0.496 e. The zero-order valence-electron chi connectivity index (χ0n) is 9.24. The van der Waals surface area contributed by atoms with E-state index >= 15 is 0 Å². The summed E-state index contributed by atoms with van der Waals surface area (Å²) < 4.78 is 18.4. The Morgan fingerprint density at radius 3 is 3.00 bits per heavy atom. The number of halogens is 2. The number of aryl methyl sites for hydroxylation is 1. The third-order valence-corrected chi connectivity index (χ3v) is 3.40. The lowest BCUT2D eigenvalue weighted by atomic mass is 10.1. The Balaban J connectivity index is 2.40. The first kappa shape index (κ1) is 12.3. The van der Waals surface area contributed by atoms with E-state index in [4.69, 9.17) is 16.3 Å². The van der Waals surface area contributed by atoms with Crippen LogP contribution in [0.15, 0.2) is 23.6 Å². The molecular weight excluding hydrogens is 261 g/mol. The molecule has 0 saturated heterocycles. The second kappa shape index (κ2) is 5.47. The average Bonchev–Trinajstić information content (AvgIpc) is 2.78. The zero-order chi connectivity index (χ0) is 12.3. The van der Waals surface area contributed by atoms with E-state index in [2.05, 4.69) is 4.98 Å². The van der Waals surface area contributed by atoms with Gasteiger partial charge in [-0.15, -0.1) is 22.9 Å². The van der Waals surface area contributed by atoms with E-state index in [1.165, 1.54) is 23.5 Å². The maximum Gasteiger partial charge on any atom is 0.128 e. The number of hydrogen-bond donors (Lipinski definition) is 0. The molecule has 1 aromatic heterocycles. The number of benzene rings is 1. The lowest BCUT2D eigenvalue weighted by Gasteiger charge is -2.05. The molecule has 0 saturated carbocycles. The molecule has 0 bridgehead atoms. The maximum absolute atomic E-state index is 13.2. The average molecular weight is 272 g/mol. The van der Waals surface area contributed by atoms with Gasteiger partial charge in [0.2, 0.25) is 0 Å². The molecule has 1 heterocycles. The van der Waals surface area contributed by atoms with E-state index < -0.39 is 0 Å². The summed E-state index contributed by atoms with van der Waals surface area (Å²) in [4.78, 5) is 4.41. The van der Waals surface area contributed by atoms with Crippen molar-refractivity contribution in [2.75, 3.05) is 13.0 Å². The van der Waals surface area contributed by atoms with Crippen LogP contribution in [0, 0.1) is 5.82 Å². The number of ether oxygens (including phenoxy) is 1. The molecule has 0 aliphatic carbocycles. The van der Waals surface area contributed by atoms with Crippen LogP contribution in [0.4, 0.5) is 4.39 Å². The van der Waals surface area contributed by atoms with E-state index in [1.807, 2.05) is 5.38 Å². The first-order chi connectivity index (χ1) is 8.24. The van der Waals surface area contributed by atoms with Crippen molar-refractivity contribution in [3.8, 4) is 17.0 Å². The molecule has 17 heavy (non-hydrogen) atoms. The molecule has 2 nitrogen and oxygen atoms in total. The molecule has 0 amide bonds. The second-order valence-corrected chi connectivity index (χ2v) is 4.73. The standard InChI is InChI=1S/C12H11ClFNOS/c1-16-11-3-2-8(14)6-9(11)10-7-17-12(15-10)4-5-13/h2-3,6-7H,4-5H2,1H3. The van der Waals surface area contributed by atoms with Gasteiger partial charge in [-0.1, -0.05) is 0 Å². The van der Waals surface area contributed by atoms with Gasteiger partial charge in [0.25, 0.3) is 0 Å². The summed E-state index contributed by atoms with van der Waals surface area (Å²) in [6, 6.07) is 4.40. The van der Waals surface area contributed by atoms with Crippen LogP contribution in [-0.4, -0.2) is 18.0 Å². The minimum absolute atomic E-state index is 0.298. The van der Waals surface area contributed by atoms with Crippen LogP contribution in [0.25, 0.3) is 11.3 Å². The first-order valence-corrected chi connectivity index (χ1v) is 6.50. The van der Waals surface area contributed by atoms with Gasteiger partial charge < -0.3 is 4.74 Å². The van der Waals surface area contributed by atoms with E-state index in [0.717, 1.165) is 17.1 Å². The molecule has 0 unspecified atom stereocenters. The van der Waals surface area contributed by atoms with Crippen LogP contribution in [-0.2, 0) is 6.42 Å². The highest BCUT2D eigenvalue weighted by atomic mass is 35.5. The summed E-state index contributed by atoms with van der Waals surface area (Å²) in [6.45, 7) is 0. The summed E-state index contributed by atoms with van der Waals surface area (Å²) in [5.41, 5.74) is 1.40. The lowest BCUT2D eigenvalue weighted by Crippen LogP contribution is -1.90. The zero-order valence-corrected chi connectivity index (χ0v) is 10.8. The highest BCUT2D eigenvalue weighted by Gasteiger charge is 2.10. The molecule has 90 valence electrons. The Morgan fingerprint density at radius 1 is 1.47 bits per heavy atom. The molecule has 0 N–H and O–H groups in total. The second-order valence-electron chi connectivity index (χ2n) is 3.41. The Bertz CT molecular complexity index is 515. The van der Waals surface area contributed by atoms with Gasteiger partial charge in [-0.2, -0.15) is 0 Å². The summed E-state index contributed by atoms with van der Waals surface area (Å²) in [5.74, 6) is 0.856. The van der Waals surface area contributed by atoms with Crippen molar-refractivity contribution in [1.82, 2.24) is 4.98 Å². The quantitative estimate of drug-likeness (QED) is 0.791. The van der Waals surface area contributed by atoms with Crippen molar-refractivity contribution >= 4 is 22.9 Å². The smallest absolute Gasteiger partial charge is 0.128 e. The fourth-order valence-electron chi connectivity index (χ4n) is 1.51. The molecule has 2 aromatic rings. The molecule has 2 rings (SSSR count). The van der Waals surface area contributed by atoms with Crippen molar-refractivity contribution in [3.05, 3.63) is 34.4 Å². The summed E-state index contributed by atoms with van der Waals surface area (Å²) in [6.07, 6.45) is 0.726. The Hall–Kier alpha value is -1.13. The summed E-state index contributed by atoms with van der Waals surface area (Å²) in [5, 5.41) is 2.83. The highest BCUT2D eigenvalue weighted by molar-refractivity contribution is 7.10. The van der Waals surface area contributed by atoms with Crippen molar-refractivity contribution in [3.63, 3.8) is 0 Å². The van der Waals surface area contributed by atoms with E-state index in [1.54, 1.807) is 13.2 Å². The van der Waals surface area contributed by atoms with Crippen LogP contribution < -0.4 is 4.74 Å². The predicted octanol–water partition coefficient (Wildman–Crippen LogP) is 3.74. The SMILES string of the molecule is COc1ccc(F)cc1-c1csc(CCCl)n1. The van der Waals surface area contributed by atoms with Crippen molar-refractivity contribution in [1.29, 1.82) is 0 Å². The number of nitrogens with zero attached hydrogens (tertiary/aromatic N) is 1. The number of rotatable bonds is 4. The fourth-order valence-corrected chi connectivity index (χ4v) is 2.60. The first-order valence-electron chi connectivity index (χ1n) is 5.09. The molecule has 0 spiro atoms. The van der Waals surface area contributed by atoms with Crippen LogP contribution in [0.1, 0.15) is 5.01 Å². The minimum atomic E-state index is -0.298. The number of methoxy groups -OCH3 is 1. The van der Waals surface area contributed by atoms with Crippen molar-refractivity contribution in [2.24, 2.45) is 0 Å². The molecule has 0 atom stereocenters.